The van der Waals surface area contributed by atoms with Gasteiger partial charge in [0, 0.05) is 42.6 Å². The van der Waals surface area contributed by atoms with Gasteiger partial charge in [-0.2, -0.15) is 4.31 Å². The number of amides is 1. The highest BCUT2D eigenvalue weighted by molar-refractivity contribution is 7.99. The summed E-state index contributed by atoms with van der Waals surface area (Å²) in [5.74, 6) is -0.00439. The summed E-state index contributed by atoms with van der Waals surface area (Å²) in [6.45, 7) is 2.20. The fourth-order valence-electron chi connectivity index (χ4n) is 3.30. The van der Waals surface area contributed by atoms with Crippen LogP contribution in [0.25, 0.3) is 11.1 Å². The molecule has 0 radical (unpaired) electrons. The van der Waals surface area contributed by atoms with E-state index >= 15 is 0 Å². The zero-order valence-corrected chi connectivity index (χ0v) is 19.1. The van der Waals surface area contributed by atoms with Gasteiger partial charge in [0.15, 0.2) is 5.58 Å². The van der Waals surface area contributed by atoms with Gasteiger partial charge >= 0.3 is 0 Å². The van der Waals surface area contributed by atoms with Gasteiger partial charge in [-0.15, -0.1) is 0 Å². The molecular weight excluding hydrogens is 460 g/mol. The molecule has 164 valence electrons. The number of hydrogen-bond donors (Lipinski definition) is 1. The standard InChI is InChI=1S/C20H21ClN4O4S2/c1-31(27,28)25-10-8-24(9-11-25)16-5-3-15(4-6-16)22-19(26)13-30-20-23-17-12-14(21)2-7-18(17)29-20/h2-7,12H,8-11,13H2,1H3,(H,22,26). The average molecular weight is 481 g/mol. The van der Waals surface area contributed by atoms with E-state index in [1.807, 2.05) is 24.3 Å². The number of hydrogen-bond acceptors (Lipinski definition) is 7. The van der Waals surface area contributed by atoms with Crippen molar-refractivity contribution in [3.8, 4) is 0 Å². The number of halogens is 1. The van der Waals surface area contributed by atoms with Crippen molar-refractivity contribution in [3.05, 3.63) is 47.5 Å². The monoisotopic (exact) mass is 480 g/mol. The first-order chi connectivity index (χ1) is 14.8. The van der Waals surface area contributed by atoms with E-state index in [1.165, 1.54) is 22.3 Å². The molecule has 0 saturated carbocycles. The quantitative estimate of drug-likeness (QED) is 0.541. The summed E-state index contributed by atoms with van der Waals surface area (Å²) in [5.41, 5.74) is 2.96. The zero-order chi connectivity index (χ0) is 22.0. The molecule has 11 heteroatoms. The van der Waals surface area contributed by atoms with Crippen LogP contribution in [0.2, 0.25) is 5.02 Å². The summed E-state index contributed by atoms with van der Waals surface area (Å²) in [7, 11) is -3.15. The fraction of sp³-hybridized carbons (Fsp3) is 0.300. The molecule has 1 aliphatic rings. The van der Waals surface area contributed by atoms with Crippen molar-refractivity contribution in [2.75, 3.05) is 48.4 Å². The van der Waals surface area contributed by atoms with E-state index in [1.54, 1.807) is 18.2 Å². The molecule has 1 amide bonds. The summed E-state index contributed by atoms with van der Waals surface area (Å²) < 4.78 is 30.3. The predicted octanol–water partition coefficient (Wildman–Crippen LogP) is 3.29. The number of carbonyl (C=O) groups is 1. The Bertz CT molecular complexity index is 1190. The molecule has 8 nitrogen and oxygen atoms in total. The molecule has 0 aliphatic carbocycles. The Morgan fingerprint density at radius 2 is 1.87 bits per heavy atom. The van der Waals surface area contributed by atoms with Crippen LogP contribution in [-0.4, -0.2) is 61.8 Å². The lowest BCUT2D eigenvalue weighted by Gasteiger charge is -2.34. The van der Waals surface area contributed by atoms with Gasteiger partial charge < -0.3 is 14.6 Å². The Hall–Kier alpha value is -2.27. The van der Waals surface area contributed by atoms with Crippen LogP contribution in [0, 0.1) is 0 Å². The number of thioether (sulfide) groups is 1. The highest BCUT2D eigenvalue weighted by Gasteiger charge is 2.23. The van der Waals surface area contributed by atoms with Crippen LogP contribution in [0.15, 0.2) is 52.1 Å². The van der Waals surface area contributed by atoms with Gasteiger partial charge in [-0.3, -0.25) is 4.79 Å². The van der Waals surface area contributed by atoms with E-state index in [4.69, 9.17) is 16.0 Å². The minimum Gasteiger partial charge on any atom is -0.431 e. The second kappa shape index (κ2) is 9.07. The molecule has 3 aromatic rings. The third kappa shape index (κ3) is 5.51. The van der Waals surface area contributed by atoms with Gasteiger partial charge in [-0.25, -0.2) is 13.4 Å². The molecule has 1 N–H and O–H groups in total. The molecule has 0 bridgehead atoms. The lowest BCUT2D eigenvalue weighted by Crippen LogP contribution is -2.48. The van der Waals surface area contributed by atoms with Crippen molar-refractivity contribution in [2.24, 2.45) is 0 Å². The molecule has 1 fully saturated rings. The number of rotatable bonds is 6. The number of nitrogens with one attached hydrogen (secondary N) is 1. The highest BCUT2D eigenvalue weighted by Crippen LogP contribution is 2.26. The minimum atomic E-state index is -3.15. The van der Waals surface area contributed by atoms with Crippen LogP contribution < -0.4 is 10.2 Å². The first-order valence-corrected chi connectivity index (χ1v) is 12.8. The molecule has 0 unspecified atom stereocenters. The van der Waals surface area contributed by atoms with Gasteiger partial charge in [0.1, 0.15) is 5.52 Å². The molecule has 1 aliphatic heterocycles. The Balaban J connectivity index is 1.29. The van der Waals surface area contributed by atoms with E-state index in [-0.39, 0.29) is 11.7 Å². The predicted molar refractivity (Wildman–Crippen MR) is 123 cm³/mol. The van der Waals surface area contributed by atoms with Crippen LogP contribution in [0.4, 0.5) is 11.4 Å². The molecule has 4 rings (SSSR count). The highest BCUT2D eigenvalue weighted by atomic mass is 35.5. The van der Waals surface area contributed by atoms with Crippen LogP contribution in [0.3, 0.4) is 0 Å². The first-order valence-electron chi connectivity index (χ1n) is 9.57. The first kappa shape index (κ1) is 21.9. The lowest BCUT2D eigenvalue weighted by molar-refractivity contribution is -0.113. The van der Waals surface area contributed by atoms with Gasteiger partial charge in [0.25, 0.3) is 5.22 Å². The number of piperazine rings is 1. The smallest absolute Gasteiger partial charge is 0.257 e. The van der Waals surface area contributed by atoms with Crippen molar-refractivity contribution in [2.45, 2.75) is 5.22 Å². The van der Waals surface area contributed by atoms with E-state index in [0.29, 0.717) is 53.2 Å². The molecule has 1 saturated heterocycles. The summed E-state index contributed by atoms with van der Waals surface area (Å²) in [5, 5.41) is 3.85. The summed E-state index contributed by atoms with van der Waals surface area (Å²) in [6, 6.07) is 12.7. The number of oxazole rings is 1. The minimum absolute atomic E-state index is 0.162. The Labute approximate surface area is 189 Å². The van der Waals surface area contributed by atoms with Crippen LogP contribution in [0.5, 0.6) is 0 Å². The largest absolute Gasteiger partial charge is 0.431 e. The number of fused-ring (bicyclic) bond motifs is 1. The van der Waals surface area contributed by atoms with E-state index in [0.717, 1.165) is 5.69 Å². The van der Waals surface area contributed by atoms with Crippen LogP contribution >= 0.6 is 23.4 Å². The fourth-order valence-corrected chi connectivity index (χ4v) is 4.93. The van der Waals surface area contributed by atoms with Gasteiger partial charge in [-0.05, 0) is 42.5 Å². The number of nitrogens with zero attached hydrogens (tertiary/aromatic N) is 3. The zero-order valence-electron chi connectivity index (χ0n) is 16.7. The van der Waals surface area contributed by atoms with Crippen molar-refractivity contribution in [3.63, 3.8) is 0 Å². The maximum atomic E-state index is 12.3. The Kier molecular flexibility index (Phi) is 6.42. The molecular formula is C20H21ClN4O4S2. The van der Waals surface area contributed by atoms with Crippen molar-refractivity contribution in [1.82, 2.24) is 9.29 Å². The molecule has 0 atom stereocenters. The molecule has 0 spiro atoms. The van der Waals surface area contributed by atoms with Crippen molar-refractivity contribution in [1.29, 1.82) is 0 Å². The summed E-state index contributed by atoms with van der Waals surface area (Å²) >= 11 is 7.16. The van der Waals surface area contributed by atoms with E-state index in [9.17, 15) is 13.2 Å². The van der Waals surface area contributed by atoms with E-state index < -0.39 is 10.0 Å². The summed E-state index contributed by atoms with van der Waals surface area (Å²) in [6.07, 6.45) is 1.23. The number of sulfonamides is 1. The molecule has 1 aromatic heterocycles. The topological polar surface area (TPSA) is 95.8 Å². The third-order valence-electron chi connectivity index (χ3n) is 4.88. The molecule has 2 heterocycles. The molecule has 2 aromatic carbocycles. The van der Waals surface area contributed by atoms with Gasteiger partial charge in [0.2, 0.25) is 15.9 Å². The SMILES string of the molecule is CS(=O)(=O)N1CCN(c2ccc(NC(=O)CSc3nc4cc(Cl)ccc4o3)cc2)CC1. The third-order valence-corrected chi connectivity index (χ3v) is 7.25. The lowest BCUT2D eigenvalue weighted by atomic mass is 10.2. The van der Waals surface area contributed by atoms with Crippen LogP contribution in [0.1, 0.15) is 0 Å². The molecule has 31 heavy (non-hydrogen) atoms. The second-order valence-corrected chi connectivity index (χ2v) is 10.5. The second-order valence-electron chi connectivity index (χ2n) is 7.12. The Morgan fingerprint density at radius 3 is 2.55 bits per heavy atom. The number of benzene rings is 2. The number of aromatic nitrogens is 1. The van der Waals surface area contributed by atoms with Gasteiger partial charge in [0.05, 0.1) is 12.0 Å². The number of carbonyl (C=O) groups excluding carboxylic acids is 1. The van der Waals surface area contributed by atoms with E-state index in [2.05, 4.69) is 15.2 Å². The Morgan fingerprint density at radius 1 is 1.16 bits per heavy atom. The number of anilines is 2. The van der Waals surface area contributed by atoms with Crippen LogP contribution in [-0.2, 0) is 14.8 Å². The maximum Gasteiger partial charge on any atom is 0.257 e. The summed E-state index contributed by atoms with van der Waals surface area (Å²) in [4.78, 5) is 18.7. The van der Waals surface area contributed by atoms with Crippen molar-refractivity contribution < 1.29 is 17.6 Å². The maximum absolute atomic E-state index is 12.3. The van der Waals surface area contributed by atoms with Gasteiger partial charge in [-0.1, -0.05) is 23.4 Å². The normalized spacial score (nSPS) is 15.4. The van der Waals surface area contributed by atoms with Crippen molar-refractivity contribution >= 4 is 61.8 Å². The average Bonchev–Trinajstić information content (AvgIpc) is 3.14.